The molecule has 34 heavy (non-hydrogen) atoms. The van der Waals surface area contributed by atoms with Crippen LogP contribution in [-0.2, 0) is 17.9 Å². The first-order valence-electron chi connectivity index (χ1n) is 10.4. The summed E-state index contributed by atoms with van der Waals surface area (Å²) in [5.74, 6) is 0.451. The number of fused-ring (bicyclic) bond motifs is 1. The molecule has 1 N–H and O–H groups in total. The highest BCUT2D eigenvalue weighted by molar-refractivity contribution is 6.31. The van der Waals surface area contributed by atoms with Gasteiger partial charge >= 0.3 is 11.1 Å². The third-order valence-electron chi connectivity index (χ3n) is 5.36. The second-order valence-corrected chi connectivity index (χ2v) is 7.95. The fourth-order valence-corrected chi connectivity index (χ4v) is 3.87. The number of anilines is 1. The Balaban J connectivity index is 1.73. The Morgan fingerprint density at radius 1 is 0.882 bits per heavy atom. The van der Waals surface area contributed by atoms with Gasteiger partial charge in [-0.15, -0.1) is 0 Å². The van der Waals surface area contributed by atoms with Gasteiger partial charge in [0.25, 0.3) is 0 Å². The monoisotopic (exact) mass is 479 g/mol. The maximum atomic E-state index is 13.1. The van der Waals surface area contributed by atoms with Crippen molar-refractivity contribution >= 4 is 34.2 Å². The highest BCUT2D eigenvalue weighted by atomic mass is 35.5. The number of nitrogens with zero attached hydrogens (tertiary/aromatic N) is 2. The van der Waals surface area contributed by atoms with E-state index in [1.807, 2.05) is 30.3 Å². The number of hydrogen-bond donors (Lipinski definition) is 1. The van der Waals surface area contributed by atoms with E-state index in [-0.39, 0.29) is 13.1 Å². The van der Waals surface area contributed by atoms with E-state index in [0.29, 0.717) is 33.2 Å². The zero-order valence-electron chi connectivity index (χ0n) is 18.6. The van der Waals surface area contributed by atoms with Crippen LogP contribution < -0.4 is 25.9 Å². The van der Waals surface area contributed by atoms with E-state index in [1.165, 1.54) is 18.8 Å². The normalized spacial score (nSPS) is 10.8. The first-order valence-corrected chi connectivity index (χ1v) is 10.8. The topological polar surface area (TPSA) is 91.6 Å². The van der Waals surface area contributed by atoms with Crippen molar-refractivity contribution in [1.29, 1.82) is 0 Å². The van der Waals surface area contributed by atoms with Gasteiger partial charge in [0.05, 0.1) is 37.5 Å². The van der Waals surface area contributed by atoms with Crippen LogP contribution in [0.2, 0.25) is 5.02 Å². The Kier molecular flexibility index (Phi) is 6.70. The Morgan fingerprint density at radius 2 is 1.62 bits per heavy atom. The smallest absolute Gasteiger partial charge is 0.317 e. The molecule has 0 aliphatic rings. The number of amides is 1. The molecule has 0 saturated heterocycles. The number of benzene rings is 3. The fraction of sp³-hybridized carbons (Fsp3) is 0.160. The third-order valence-corrected chi connectivity index (χ3v) is 5.60. The standard InChI is InChI=1S/C25H22ClN3O5/c1-33-18-9-10-19(22(13-18)34-2)27-23(30)15-29-21-12-17(26)8-11-20(21)28(24(31)25(29)32)14-16-6-4-3-5-7-16/h3-13H,14-15H2,1-2H3,(H,27,30). The average molecular weight is 480 g/mol. The lowest BCUT2D eigenvalue weighted by atomic mass is 10.2. The first-order chi connectivity index (χ1) is 16.4. The number of aromatic nitrogens is 2. The van der Waals surface area contributed by atoms with Gasteiger partial charge in [0.15, 0.2) is 0 Å². The number of ether oxygens (including phenoxy) is 2. The summed E-state index contributed by atoms with van der Waals surface area (Å²) in [5, 5.41) is 3.10. The summed E-state index contributed by atoms with van der Waals surface area (Å²) < 4.78 is 13.0. The second-order valence-electron chi connectivity index (χ2n) is 7.52. The molecular formula is C25H22ClN3O5. The minimum absolute atomic E-state index is 0.211. The minimum Gasteiger partial charge on any atom is -0.497 e. The second kappa shape index (κ2) is 9.84. The summed E-state index contributed by atoms with van der Waals surface area (Å²) >= 11 is 6.20. The van der Waals surface area contributed by atoms with E-state index in [0.717, 1.165) is 10.1 Å². The minimum atomic E-state index is -0.817. The molecule has 4 rings (SSSR count). The van der Waals surface area contributed by atoms with Crippen molar-refractivity contribution in [3.63, 3.8) is 0 Å². The highest BCUT2D eigenvalue weighted by Crippen LogP contribution is 2.29. The molecule has 3 aromatic carbocycles. The van der Waals surface area contributed by atoms with E-state index in [1.54, 1.807) is 36.4 Å². The molecular weight excluding hydrogens is 458 g/mol. The molecule has 9 heteroatoms. The van der Waals surface area contributed by atoms with Crippen molar-refractivity contribution in [2.24, 2.45) is 0 Å². The number of methoxy groups -OCH3 is 2. The molecule has 174 valence electrons. The van der Waals surface area contributed by atoms with Gasteiger partial charge in [-0.25, -0.2) is 0 Å². The number of hydrogen-bond acceptors (Lipinski definition) is 5. The van der Waals surface area contributed by atoms with Crippen molar-refractivity contribution in [2.75, 3.05) is 19.5 Å². The average Bonchev–Trinajstić information content (AvgIpc) is 2.85. The number of halogens is 1. The van der Waals surface area contributed by atoms with Crippen LogP contribution in [0.5, 0.6) is 11.5 Å². The lowest BCUT2D eigenvalue weighted by Crippen LogP contribution is -2.43. The molecule has 0 unspecified atom stereocenters. The van der Waals surface area contributed by atoms with Crippen molar-refractivity contribution in [3.05, 3.63) is 98.0 Å². The summed E-state index contributed by atoms with van der Waals surface area (Å²) in [4.78, 5) is 39.0. The molecule has 1 amide bonds. The Morgan fingerprint density at radius 3 is 2.32 bits per heavy atom. The molecule has 1 heterocycles. The maximum Gasteiger partial charge on any atom is 0.317 e. The zero-order valence-corrected chi connectivity index (χ0v) is 19.3. The fourth-order valence-electron chi connectivity index (χ4n) is 3.71. The lowest BCUT2D eigenvalue weighted by Gasteiger charge is -2.16. The molecule has 0 atom stereocenters. The molecule has 0 saturated carbocycles. The van der Waals surface area contributed by atoms with Gasteiger partial charge < -0.3 is 14.8 Å². The first kappa shape index (κ1) is 23.1. The Hall–Kier alpha value is -4.04. The molecule has 0 radical (unpaired) electrons. The summed E-state index contributed by atoms with van der Waals surface area (Å²) in [6.07, 6.45) is 0. The third kappa shape index (κ3) is 4.67. The number of nitrogens with one attached hydrogen (secondary N) is 1. The van der Waals surface area contributed by atoms with E-state index in [9.17, 15) is 14.4 Å². The van der Waals surface area contributed by atoms with Gasteiger partial charge in [0.2, 0.25) is 5.91 Å². The van der Waals surface area contributed by atoms with Crippen LogP contribution in [0.1, 0.15) is 5.56 Å². The Bertz CT molecular complexity index is 1480. The predicted molar refractivity (Wildman–Crippen MR) is 131 cm³/mol. The predicted octanol–water partition coefficient (Wildman–Crippen LogP) is 3.52. The van der Waals surface area contributed by atoms with Gasteiger partial charge in [-0.3, -0.25) is 23.5 Å². The van der Waals surface area contributed by atoms with Gasteiger partial charge in [-0.05, 0) is 35.9 Å². The quantitative estimate of drug-likeness (QED) is 0.409. The Labute approximate surface area is 199 Å². The summed E-state index contributed by atoms with van der Waals surface area (Å²) in [6.45, 7) is -0.171. The molecule has 1 aromatic heterocycles. The van der Waals surface area contributed by atoms with E-state index < -0.39 is 17.0 Å². The number of rotatable bonds is 7. The number of carbonyl (C=O) groups excluding carboxylic acids is 1. The van der Waals surface area contributed by atoms with E-state index in [4.69, 9.17) is 21.1 Å². The van der Waals surface area contributed by atoms with E-state index in [2.05, 4.69) is 5.32 Å². The molecule has 8 nitrogen and oxygen atoms in total. The van der Waals surface area contributed by atoms with Crippen molar-refractivity contribution in [3.8, 4) is 11.5 Å². The molecule has 0 aliphatic heterocycles. The van der Waals surface area contributed by atoms with Gasteiger partial charge in [-0.1, -0.05) is 41.9 Å². The SMILES string of the molecule is COc1ccc(NC(=O)Cn2c(=O)c(=O)n(Cc3ccccc3)c3ccc(Cl)cc32)c(OC)c1. The van der Waals surface area contributed by atoms with Crippen LogP contribution in [0.25, 0.3) is 11.0 Å². The summed E-state index contributed by atoms with van der Waals surface area (Å²) in [7, 11) is 2.99. The van der Waals surface area contributed by atoms with Crippen LogP contribution in [0.3, 0.4) is 0 Å². The van der Waals surface area contributed by atoms with Crippen LogP contribution in [0.4, 0.5) is 5.69 Å². The van der Waals surface area contributed by atoms with Crippen molar-refractivity contribution in [2.45, 2.75) is 13.1 Å². The summed E-state index contributed by atoms with van der Waals surface area (Å²) in [6, 6.07) is 19.1. The number of carbonyl (C=O) groups is 1. The van der Waals surface area contributed by atoms with Gasteiger partial charge in [0.1, 0.15) is 18.0 Å². The van der Waals surface area contributed by atoms with Crippen LogP contribution in [0.15, 0.2) is 76.3 Å². The lowest BCUT2D eigenvalue weighted by molar-refractivity contribution is -0.116. The largest absolute Gasteiger partial charge is 0.497 e. The van der Waals surface area contributed by atoms with Gasteiger partial charge in [-0.2, -0.15) is 0 Å². The summed E-state index contributed by atoms with van der Waals surface area (Å²) in [5.41, 5.74) is 0.594. The molecule has 0 aliphatic carbocycles. The zero-order chi connectivity index (χ0) is 24.2. The highest BCUT2D eigenvalue weighted by Gasteiger charge is 2.17. The van der Waals surface area contributed by atoms with Gasteiger partial charge in [0, 0.05) is 11.1 Å². The van der Waals surface area contributed by atoms with Crippen LogP contribution in [0, 0.1) is 0 Å². The maximum absolute atomic E-state index is 13.1. The molecule has 0 fully saturated rings. The van der Waals surface area contributed by atoms with Crippen molar-refractivity contribution in [1.82, 2.24) is 9.13 Å². The molecule has 0 spiro atoms. The van der Waals surface area contributed by atoms with Crippen LogP contribution in [-0.4, -0.2) is 29.3 Å². The molecule has 4 aromatic rings. The van der Waals surface area contributed by atoms with Crippen molar-refractivity contribution < 1.29 is 14.3 Å². The van der Waals surface area contributed by atoms with Crippen LogP contribution >= 0.6 is 11.6 Å². The molecule has 0 bridgehead atoms. The van der Waals surface area contributed by atoms with E-state index >= 15 is 0 Å².